The van der Waals surface area contributed by atoms with Crippen LogP contribution in [0.5, 0.6) is 0 Å². The Labute approximate surface area is 167 Å². The fourth-order valence-corrected chi connectivity index (χ4v) is 3.88. The van der Waals surface area contributed by atoms with Crippen molar-refractivity contribution < 1.29 is 14.3 Å². The normalized spacial score (nSPS) is 23.1. The summed E-state index contributed by atoms with van der Waals surface area (Å²) in [5, 5.41) is 3.38. The lowest BCUT2D eigenvalue weighted by molar-refractivity contribution is -0.198. The van der Waals surface area contributed by atoms with Gasteiger partial charge >= 0.3 is 6.09 Å². The molecule has 1 fully saturated rings. The number of amides is 1. The molecule has 0 spiro atoms. The van der Waals surface area contributed by atoms with Gasteiger partial charge in [-0.25, -0.2) is 14.8 Å². The van der Waals surface area contributed by atoms with Crippen LogP contribution >= 0.6 is 0 Å². The highest BCUT2D eigenvalue weighted by molar-refractivity contribution is 5.71. The van der Waals surface area contributed by atoms with E-state index in [4.69, 9.17) is 9.47 Å². The number of hydrazine groups is 1. The highest BCUT2D eigenvalue weighted by atomic mass is 16.6. The van der Waals surface area contributed by atoms with E-state index in [1.54, 1.807) is 10.0 Å². The van der Waals surface area contributed by atoms with E-state index in [-0.39, 0.29) is 12.0 Å². The first kappa shape index (κ1) is 20.4. The molecule has 1 aliphatic heterocycles. The molecule has 0 aliphatic carbocycles. The van der Waals surface area contributed by atoms with Gasteiger partial charge in [-0.1, -0.05) is 67.6 Å². The quantitative estimate of drug-likeness (QED) is 0.676. The monoisotopic (exact) mass is 382 g/mol. The Hall–Kier alpha value is -2.37. The maximum atomic E-state index is 12.6. The third kappa shape index (κ3) is 4.05. The lowest BCUT2D eigenvalue weighted by atomic mass is 9.95. The van der Waals surface area contributed by atoms with Crippen LogP contribution in [-0.4, -0.2) is 48.6 Å². The standard InChI is InChI=1S/C23H30N2O3/c1-5-20(21-14-10-7-11-15-21)17-27-23(16-19-12-8-6-9-13-19)18(2)28-22(26)25(23)24(3)4/h6-15,18,20H,5,16-17H2,1-4H3. The highest BCUT2D eigenvalue weighted by Crippen LogP contribution is 2.37. The summed E-state index contributed by atoms with van der Waals surface area (Å²) in [6, 6.07) is 20.5. The first-order chi connectivity index (χ1) is 13.5. The Morgan fingerprint density at radius 2 is 1.71 bits per heavy atom. The third-order valence-corrected chi connectivity index (χ3v) is 5.44. The summed E-state index contributed by atoms with van der Waals surface area (Å²) in [6.07, 6.45) is 0.748. The van der Waals surface area contributed by atoms with Crippen molar-refractivity contribution in [3.8, 4) is 0 Å². The van der Waals surface area contributed by atoms with Gasteiger partial charge in [-0.05, 0) is 24.5 Å². The molecule has 1 heterocycles. The van der Waals surface area contributed by atoms with Crippen molar-refractivity contribution in [3.05, 3.63) is 71.8 Å². The zero-order chi connectivity index (χ0) is 20.1. The second-order valence-corrected chi connectivity index (χ2v) is 7.52. The van der Waals surface area contributed by atoms with Crippen molar-refractivity contribution in [3.63, 3.8) is 0 Å². The van der Waals surface area contributed by atoms with Gasteiger partial charge in [0.1, 0.15) is 0 Å². The summed E-state index contributed by atoms with van der Waals surface area (Å²) in [4.78, 5) is 12.6. The molecule has 1 amide bonds. The zero-order valence-corrected chi connectivity index (χ0v) is 17.2. The van der Waals surface area contributed by atoms with E-state index in [9.17, 15) is 4.79 Å². The molecule has 2 aromatic carbocycles. The predicted molar refractivity (Wildman–Crippen MR) is 110 cm³/mol. The smallest absolute Gasteiger partial charge is 0.427 e. The second-order valence-electron chi connectivity index (χ2n) is 7.52. The Balaban J connectivity index is 1.91. The molecule has 2 aromatic rings. The van der Waals surface area contributed by atoms with Crippen molar-refractivity contribution in [1.29, 1.82) is 0 Å². The fourth-order valence-electron chi connectivity index (χ4n) is 3.88. The van der Waals surface area contributed by atoms with Gasteiger partial charge in [-0.15, -0.1) is 0 Å². The maximum Gasteiger partial charge on any atom is 0.427 e. The maximum absolute atomic E-state index is 12.6. The van der Waals surface area contributed by atoms with Gasteiger partial charge in [-0.3, -0.25) is 0 Å². The topological polar surface area (TPSA) is 42.0 Å². The number of nitrogens with zero attached hydrogens (tertiary/aromatic N) is 2. The molecule has 3 rings (SSSR count). The molecule has 0 aromatic heterocycles. The van der Waals surface area contributed by atoms with Crippen LogP contribution in [0.4, 0.5) is 4.79 Å². The third-order valence-electron chi connectivity index (χ3n) is 5.44. The van der Waals surface area contributed by atoms with Crippen LogP contribution in [0.2, 0.25) is 0 Å². The van der Waals surface area contributed by atoms with E-state index in [1.165, 1.54) is 5.56 Å². The molecule has 5 nitrogen and oxygen atoms in total. The molecule has 1 aliphatic rings. The molecule has 5 heteroatoms. The Morgan fingerprint density at radius 3 is 2.29 bits per heavy atom. The molecule has 1 saturated heterocycles. The van der Waals surface area contributed by atoms with Gasteiger partial charge in [0, 0.05) is 26.4 Å². The Kier molecular flexibility index (Phi) is 6.37. The summed E-state index contributed by atoms with van der Waals surface area (Å²) in [6.45, 7) is 4.58. The minimum absolute atomic E-state index is 0.251. The largest absolute Gasteiger partial charge is 0.440 e. The number of cyclic esters (lactones) is 1. The summed E-state index contributed by atoms with van der Waals surface area (Å²) in [7, 11) is 3.69. The van der Waals surface area contributed by atoms with Gasteiger partial charge in [0.2, 0.25) is 5.72 Å². The van der Waals surface area contributed by atoms with Crippen molar-refractivity contribution in [2.24, 2.45) is 0 Å². The van der Waals surface area contributed by atoms with Crippen LogP contribution in [0.25, 0.3) is 0 Å². The summed E-state index contributed by atoms with van der Waals surface area (Å²) < 4.78 is 12.2. The summed E-state index contributed by atoms with van der Waals surface area (Å²) in [5.41, 5.74) is 1.46. The van der Waals surface area contributed by atoms with Crippen molar-refractivity contribution >= 4 is 6.09 Å². The van der Waals surface area contributed by atoms with Crippen molar-refractivity contribution in [1.82, 2.24) is 10.0 Å². The molecule has 3 unspecified atom stereocenters. The van der Waals surface area contributed by atoms with Crippen LogP contribution in [0.1, 0.15) is 37.3 Å². The minimum Gasteiger partial charge on any atom is -0.440 e. The van der Waals surface area contributed by atoms with Gasteiger partial charge in [0.15, 0.2) is 6.10 Å². The predicted octanol–water partition coefficient (Wildman–Crippen LogP) is 4.45. The minimum atomic E-state index is -0.885. The fraction of sp³-hybridized carbons (Fsp3) is 0.435. The van der Waals surface area contributed by atoms with Crippen LogP contribution < -0.4 is 0 Å². The Bertz CT molecular complexity index is 766. The Morgan fingerprint density at radius 1 is 1.11 bits per heavy atom. The van der Waals surface area contributed by atoms with Crippen molar-refractivity contribution in [2.75, 3.05) is 20.7 Å². The average molecular weight is 383 g/mol. The van der Waals surface area contributed by atoms with E-state index < -0.39 is 11.8 Å². The number of ether oxygens (including phenoxy) is 2. The van der Waals surface area contributed by atoms with E-state index in [0.29, 0.717) is 13.0 Å². The number of carbonyl (C=O) groups is 1. The molecule has 150 valence electrons. The molecule has 0 saturated carbocycles. The number of benzene rings is 2. The van der Waals surface area contributed by atoms with Crippen molar-refractivity contribution in [2.45, 2.75) is 44.4 Å². The molecular weight excluding hydrogens is 352 g/mol. The zero-order valence-electron chi connectivity index (χ0n) is 17.2. The molecule has 0 bridgehead atoms. The molecule has 3 atom stereocenters. The lowest BCUT2D eigenvalue weighted by Crippen LogP contribution is -2.59. The van der Waals surface area contributed by atoms with E-state index >= 15 is 0 Å². The van der Waals surface area contributed by atoms with Crippen LogP contribution in [-0.2, 0) is 15.9 Å². The molecular formula is C23H30N2O3. The van der Waals surface area contributed by atoms with E-state index in [0.717, 1.165) is 12.0 Å². The number of hydrogen-bond acceptors (Lipinski definition) is 4. The first-order valence-electron chi connectivity index (χ1n) is 9.89. The molecule has 0 N–H and O–H groups in total. The van der Waals surface area contributed by atoms with E-state index in [1.807, 2.05) is 45.3 Å². The summed E-state index contributed by atoms with van der Waals surface area (Å²) in [5.74, 6) is 0.251. The number of rotatable bonds is 8. The first-order valence-corrected chi connectivity index (χ1v) is 9.89. The lowest BCUT2D eigenvalue weighted by Gasteiger charge is -2.41. The molecule has 28 heavy (non-hydrogen) atoms. The highest BCUT2D eigenvalue weighted by Gasteiger charge is 2.56. The van der Waals surface area contributed by atoms with E-state index in [2.05, 4.69) is 43.3 Å². The number of hydrogen-bond donors (Lipinski definition) is 0. The number of carbonyl (C=O) groups excluding carboxylic acids is 1. The van der Waals surface area contributed by atoms with Gasteiger partial charge < -0.3 is 9.47 Å². The van der Waals surface area contributed by atoms with Gasteiger partial charge in [0.25, 0.3) is 0 Å². The SMILES string of the molecule is CCC(COC1(Cc2ccccc2)C(C)OC(=O)N1N(C)C)c1ccccc1. The van der Waals surface area contributed by atoms with Crippen LogP contribution in [0.15, 0.2) is 60.7 Å². The second kappa shape index (κ2) is 8.76. The average Bonchev–Trinajstić information content (AvgIpc) is 2.93. The summed E-state index contributed by atoms with van der Waals surface area (Å²) >= 11 is 0. The van der Waals surface area contributed by atoms with Gasteiger partial charge in [-0.2, -0.15) is 0 Å². The van der Waals surface area contributed by atoms with Gasteiger partial charge in [0.05, 0.1) is 6.61 Å². The van der Waals surface area contributed by atoms with Crippen LogP contribution in [0.3, 0.4) is 0 Å². The van der Waals surface area contributed by atoms with Crippen LogP contribution in [0, 0.1) is 0 Å². The molecule has 0 radical (unpaired) electrons.